The largest absolute Gasteiger partial charge is 0.445 e. The van der Waals surface area contributed by atoms with Gasteiger partial charge < -0.3 is 10.1 Å². The third-order valence-electron chi connectivity index (χ3n) is 3.04. The van der Waals surface area contributed by atoms with Crippen LogP contribution in [0.5, 0.6) is 0 Å². The van der Waals surface area contributed by atoms with Gasteiger partial charge >= 0.3 is 6.09 Å². The first-order chi connectivity index (χ1) is 11.1. The van der Waals surface area contributed by atoms with Gasteiger partial charge in [-0.25, -0.2) is 4.79 Å². The molecule has 0 saturated heterocycles. The molecule has 0 aromatic heterocycles. The topological polar surface area (TPSA) is 105 Å². The molecule has 2 aromatic carbocycles. The third-order valence-corrected chi connectivity index (χ3v) is 3.04. The Balaban J connectivity index is 1.94. The highest BCUT2D eigenvalue weighted by Gasteiger charge is 2.16. The van der Waals surface area contributed by atoms with Crippen LogP contribution in [0.15, 0.2) is 54.6 Å². The molecule has 0 spiro atoms. The fourth-order valence-corrected chi connectivity index (χ4v) is 1.86. The molecular weight excluding hydrogens is 298 g/mol. The Hall–Kier alpha value is -3.40. The predicted molar refractivity (Wildman–Crippen MR) is 81.2 cm³/mol. The van der Waals surface area contributed by atoms with Gasteiger partial charge in [-0.2, -0.15) is 5.26 Å². The zero-order valence-corrected chi connectivity index (χ0v) is 12.0. The summed E-state index contributed by atoms with van der Waals surface area (Å²) in [5.74, 6) is 0. The Kier molecular flexibility index (Phi) is 5.25. The molecule has 0 heterocycles. The van der Waals surface area contributed by atoms with E-state index in [1.54, 1.807) is 0 Å². The molecule has 0 aliphatic rings. The number of amides is 1. The van der Waals surface area contributed by atoms with Crippen LogP contribution in [0, 0.1) is 21.4 Å². The number of alkyl carbamates (subject to hydrolysis) is 1. The minimum Gasteiger partial charge on any atom is -0.445 e. The number of nitriles is 1. The Bertz CT molecular complexity index is 723. The number of nitrogens with zero attached hydrogens (tertiary/aromatic N) is 2. The van der Waals surface area contributed by atoms with Gasteiger partial charge in [-0.05, 0) is 23.3 Å². The van der Waals surface area contributed by atoms with Crippen molar-refractivity contribution < 1.29 is 14.5 Å². The first-order valence-electron chi connectivity index (χ1n) is 6.71. The summed E-state index contributed by atoms with van der Waals surface area (Å²) >= 11 is 0. The van der Waals surface area contributed by atoms with E-state index in [-0.39, 0.29) is 12.3 Å². The maximum Gasteiger partial charge on any atom is 0.408 e. The van der Waals surface area contributed by atoms with E-state index in [0.29, 0.717) is 5.56 Å². The first-order valence-corrected chi connectivity index (χ1v) is 6.71. The van der Waals surface area contributed by atoms with Crippen LogP contribution in [0.25, 0.3) is 0 Å². The van der Waals surface area contributed by atoms with Crippen LogP contribution in [0.1, 0.15) is 17.2 Å². The highest BCUT2D eigenvalue weighted by Crippen LogP contribution is 2.17. The van der Waals surface area contributed by atoms with E-state index in [0.717, 1.165) is 5.56 Å². The number of benzene rings is 2. The number of rotatable bonds is 5. The molecule has 1 amide bonds. The van der Waals surface area contributed by atoms with E-state index >= 15 is 0 Å². The lowest BCUT2D eigenvalue weighted by Gasteiger charge is -2.12. The van der Waals surface area contributed by atoms with Crippen molar-refractivity contribution in [3.63, 3.8) is 0 Å². The smallest absolute Gasteiger partial charge is 0.408 e. The minimum absolute atomic E-state index is 0.0860. The monoisotopic (exact) mass is 311 g/mol. The fourth-order valence-electron chi connectivity index (χ4n) is 1.86. The summed E-state index contributed by atoms with van der Waals surface area (Å²) in [5.41, 5.74) is 1.18. The van der Waals surface area contributed by atoms with Crippen LogP contribution in [0.3, 0.4) is 0 Å². The quantitative estimate of drug-likeness (QED) is 0.674. The molecule has 1 N–H and O–H groups in total. The molecule has 0 aliphatic heterocycles. The van der Waals surface area contributed by atoms with E-state index in [1.165, 1.54) is 24.3 Å². The van der Waals surface area contributed by atoms with Gasteiger partial charge in [0.25, 0.3) is 5.69 Å². The van der Waals surface area contributed by atoms with Crippen molar-refractivity contribution in [3.8, 4) is 6.07 Å². The third kappa shape index (κ3) is 4.54. The zero-order valence-electron chi connectivity index (χ0n) is 12.0. The number of non-ortho nitro benzene ring substituents is 1. The highest BCUT2D eigenvalue weighted by molar-refractivity contribution is 5.68. The summed E-state index contributed by atoms with van der Waals surface area (Å²) in [5, 5.41) is 22.1. The summed E-state index contributed by atoms with van der Waals surface area (Å²) in [6.07, 6.45) is -0.737. The number of ether oxygens (including phenoxy) is 1. The minimum atomic E-state index is -0.945. The van der Waals surface area contributed by atoms with Crippen LogP contribution >= 0.6 is 0 Å². The van der Waals surface area contributed by atoms with Crippen LogP contribution in [-0.4, -0.2) is 11.0 Å². The molecular formula is C16H13N3O4. The normalized spacial score (nSPS) is 11.1. The van der Waals surface area contributed by atoms with Crippen molar-refractivity contribution in [2.75, 3.05) is 0 Å². The summed E-state index contributed by atoms with van der Waals surface area (Å²) in [6, 6.07) is 15.5. The second-order valence-corrected chi connectivity index (χ2v) is 4.62. The van der Waals surface area contributed by atoms with E-state index in [9.17, 15) is 14.9 Å². The molecule has 1 unspecified atom stereocenters. The summed E-state index contributed by atoms with van der Waals surface area (Å²) in [4.78, 5) is 21.8. The van der Waals surface area contributed by atoms with E-state index in [2.05, 4.69) is 5.32 Å². The van der Waals surface area contributed by atoms with Crippen LogP contribution in [0.4, 0.5) is 10.5 Å². The number of nitrogens with one attached hydrogen (secondary N) is 1. The van der Waals surface area contributed by atoms with Crippen molar-refractivity contribution in [3.05, 3.63) is 75.8 Å². The number of carbonyl (C=O) groups is 1. The lowest BCUT2D eigenvalue weighted by molar-refractivity contribution is -0.384. The number of nitro benzene ring substituents is 1. The number of hydrogen-bond acceptors (Lipinski definition) is 5. The van der Waals surface area contributed by atoms with Crippen molar-refractivity contribution in [1.29, 1.82) is 5.26 Å². The van der Waals surface area contributed by atoms with Crippen LogP contribution in [-0.2, 0) is 11.3 Å². The van der Waals surface area contributed by atoms with Crippen molar-refractivity contribution in [2.45, 2.75) is 12.6 Å². The van der Waals surface area contributed by atoms with Gasteiger partial charge in [0.1, 0.15) is 12.6 Å². The van der Waals surface area contributed by atoms with Crippen LogP contribution in [0.2, 0.25) is 0 Å². The molecule has 7 heteroatoms. The zero-order chi connectivity index (χ0) is 16.7. The van der Waals surface area contributed by atoms with Gasteiger partial charge in [0.2, 0.25) is 0 Å². The molecule has 0 fully saturated rings. The molecule has 116 valence electrons. The molecule has 0 radical (unpaired) electrons. The SMILES string of the molecule is N#CC(NC(=O)OCc1ccccc1)c1ccc([N+](=O)[O-])cc1. The van der Waals surface area contributed by atoms with Gasteiger partial charge in [0.15, 0.2) is 0 Å². The number of carbonyl (C=O) groups excluding carboxylic acids is 1. The number of hydrogen-bond donors (Lipinski definition) is 1. The second-order valence-electron chi connectivity index (χ2n) is 4.62. The predicted octanol–water partition coefficient (Wildman–Crippen LogP) is 3.09. The van der Waals surface area contributed by atoms with Gasteiger partial charge in [-0.15, -0.1) is 0 Å². The molecule has 0 aliphatic carbocycles. The Morgan fingerprint density at radius 3 is 2.43 bits per heavy atom. The summed E-state index contributed by atoms with van der Waals surface area (Å²) in [6.45, 7) is 0.0884. The highest BCUT2D eigenvalue weighted by atomic mass is 16.6. The van der Waals surface area contributed by atoms with Crippen molar-refractivity contribution >= 4 is 11.8 Å². The molecule has 0 saturated carbocycles. The van der Waals surface area contributed by atoms with Gasteiger partial charge in [-0.1, -0.05) is 30.3 Å². The van der Waals surface area contributed by atoms with Crippen molar-refractivity contribution in [2.24, 2.45) is 0 Å². The summed E-state index contributed by atoms with van der Waals surface area (Å²) < 4.78 is 5.03. The molecule has 2 rings (SSSR count). The second kappa shape index (κ2) is 7.56. The van der Waals surface area contributed by atoms with Crippen molar-refractivity contribution in [1.82, 2.24) is 5.32 Å². The molecule has 1 atom stereocenters. The van der Waals surface area contributed by atoms with Gasteiger partial charge in [0, 0.05) is 12.1 Å². The van der Waals surface area contributed by atoms with Crippen LogP contribution < -0.4 is 5.32 Å². The Morgan fingerprint density at radius 1 is 1.22 bits per heavy atom. The van der Waals surface area contributed by atoms with E-state index in [1.807, 2.05) is 36.4 Å². The van der Waals surface area contributed by atoms with E-state index in [4.69, 9.17) is 10.00 Å². The molecule has 2 aromatic rings. The maximum atomic E-state index is 11.7. The maximum absolute atomic E-state index is 11.7. The Labute approximate surface area is 132 Å². The lowest BCUT2D eigenvalue weighted by Crippen LogP contribution is -2.28. The molecule has 0 bridgehead atoms. The van der Waals surface area contributed by atoms with E-state index < -0.39 is 17.1 Å². The fraction of sp³-hybridized carbons (Fsp3) is 0.125. The van der Waals surface area contributed by atoms with Gasteiger partial charge in [-0.3, -0.25) is 10.1 Å². The standard InChI is InChI=1S/C16H13N3O4/c17-10-15(13-6-8-14(9-7-13)19(21)22)18-16(20)23-11-12-4-2-1-3-5-12/h1-9,15H,11H2,(H,18,20). The lowest BCUT2D eigenvalue weighted by atomic mass is 10.1. The average molecular weight is 311 g/mol. The Morgan fingerprint density at radius 2 is 1.87 bits per heavy atom. The summed E-state index contributed by atoms with van der Waals surface area (Å²) in [7, 11) is 0. The van der Waals surface area contributed by atoms with Gasteiger partial charge in [0.05, 0.1) is 11.0 Å². The average Bonchev–Trinajstić information content (AvgIpc) is 2.59. The first kappa shape index (κ1) is 16.0. The molecule has 23 heavy (non-hydrogen) atoms. The number of nitro groups is 1. The molecule has 7 nitrogen and oxygen atoms in total.